The van der Waals surface area contributed by atoms with Crippen LogP contribution in [0.2, 0.25) is 0 Å². The first-order valence-corrected chi connectivity index (χ1v) is 9.84. The van der Waals surface area contributed by atoms with Crippen LogP contribution in [-0.4, -0.2) is 42.2 Å². The topological polar surface area (TPSA) is 122 Å². The Morgan fingerprint density at radius 1 is 1.32 bits per heavy atom. The quantitative estimate of drug-likeness (QED) is 0.198. The molecule has 9 heteroatoms. The largest absolute Gasteiger partial charge is 0.383 e. The molecule has 0 saturated carbocycles. The van der Waals surface area contributed by atoms with Crippen LogP contribution in [0, 0.1) is 35.3 Å². The predicted octanol–water partition coefficient (Wildman–Crippen LogP) is 3.36. The van der Waals surface area contributed by atoms with Crippen LogP contribution in [0.15, 0.2) is 35.9 Å². The number of rotatable bonds is 10. The monoisotopic (exact) mass is 425 g/mol. The summed E-state index contributed by atoms with van der Waals surface area (Å²) in [4.78, 5) is 22.6. The van der Waals surface area contributed by atoms with E-state index in [0.29, 0.717) is 25.4 Å². The molecule has 1 atom stereocenters. The van der Waals surface area contributed by atoms with Gasteiger partial charge >= 0.3 is 0 Å². The van der Waals surface area contributed by atoms with E-state index in [2.05, 4.69) is 15.2 Å². The second-order valence-electron chi connectivity index (χ2n) is 7.16. The Balaban J connectivity index is 1.97. The molecule has 0 aliphatic rings. The number of nitriles is 1. The van der Waals surface area contributed by atoms with Gasteiger partial charge in [0.05, 0.1) is 17.6 Å². The van der Waals surface area contributed by atoms with Crippen molar-refractivity contribution in [3.8, 4) is 6.07 Å². The number of anilines is 1. The van der Waals surface area contributed by atoms with Crippen LogP contribution in [0.4, 0.5) is 11.4 Å². The molecule has 1 heterocycles. The van der Waals surface area contributed by atoms with Gasteiger partial charge < -0.3 is 19.9 Å². The molecule has 0 bridgehead atoms. The van der Waals surface area contributed by atoms with Crippen molar-refractivity contribution in [1.82, 2.24) is 9.88 Å². The first-order chi connectivity index (χ1) is 14.8. The van der Waals surface area contributed by atoms with E-state index in [9.17, 15) is 20.2 Å². The summed E-state index contributed by atoms with van der Waals surface area (Å²) in [6.07, 6.45) is 1.59. The fraction of sp³-hybridized carbons (Fsp3) is 0.364. The lowest BCUT2D eigenvalue weighted by Gasteiger charge is -2.17. The van der Waals surface area contributed by atoms with Gasteiger partial charge in [-0.3, -0.25) is 14.9 Å². The molecule has 9 nitrogen and oxygen atoms in total. The lowest BCUT2D eigenvalue weighted by molar-refractivity contribution is -0.384. The summed E-state index contributed by atoms with van der Waals surface area (Å²) < 4.78 is 7.35. The highest BCUT2D eigenvalue weighted by Gasteiger charge is 2.15. The lowest BCUT2D eigenvalue weighted by Crippen LogP contribution is -2.29. The van der Waals surface area contributed by atoms with Crippen LogP contribution in [0.3, 0.4) is 0 Å². The van der Waals surface area contributed by atoms with E-state index in [1.807, 2.05) is 32.9 Å². The minimum Gasteiger partial charge on any atom is -0.383 e. The van der Waals surface area contributed by atoms with E-state index < -0.39 is 10.8 Å². The number of carbonyl (C=O) groups is 1. The number of hydrogen-bond acceptors (Lipinski definition) is 6. The van der Waals surface area contributed by atoms with Crippen LogP contribution in [-0.2, 0) is 9.53 Å². The average molecular weight is 425 g/mol. The fourth-order valence-corrected chi connectivity index (χ4v) is 3.43. The molecule has 164 valence electrons. The molecule has 0 fully saturated rings. The molecule has 1 aromatic heterocycles. The number of carbonyl (C=O) groups excluding carboxylic acids is 1. The molecule has 0 radical (unpaired) electrons. The third-order valence-electron chi connectivity index (χ3n) is 4.85. The van der Waals surface area contributed by atoms with Crippen LogP contribution >= 0.6 is 0 Å². The summed E-state index contributed by atoms with van der Waals surface area (Å²) in [5.74, 6) is -0.456. The Bertz CT molecular complexity index is 1000. The van der Waals surface area contributed by atoms with Crippen molar-refractivity contribution in [3.05, 3.63) is 63.0 Å². The van der Waals surface area contributed by atoms with Crippen molar-refractivity contribution in [2.75, 3.05) is 32.1 Å². The number of aryl methyl sites for hydroxylation is 1. The van der Waals surface area contributed by atoms with Gasteiger partial charge in [0.2, 0.25) is 0 Å². The number of nitro benzene ring substituents is 1. The van der Waals surface area contributed by atoms with Gasteiger partial charge in [-0.1, -0.05) is 0 Å². The van der Waals surface area contributed by atoms with Crippen molar-refractivity contribution in [1.29, 1.82) is 5.26 Å². The zero-order chi connectivity index (χ0) is 23.0. The van der Waals surface area contributed by atoms with E-state index in [0.717, 1.165) is 17.0 Å². The summed E-state index contributed by atoms with van der Waals surface area (Å²) >= 11 is 0. The first kappa shape index (κ1) is 23.6. The Kier molecular flexibility index (Phi) is 8.34. The second-order valence-corrected chi connectivity index (χ2v) is 7.16. The number of hydrogen-bond donors (Lipinski definition) is 2. The molecule has 0 aliphatic heterocycles. The number of benzene rings is 1. The number of ether oxygens (including phenoxy) is 1. The number of methoxy groups -OCH3 is 1. The van der Waals surface area contributed by atoms with Crippen molar-refractivity contribution >= 4 is 23.4 Å². The molecule has 31 heavy (non-hydrogen) atoms. The van der Waals surface area contributed by atoms with E-state index in [4.69, 9.17) is 4.74 Å². The highest BCUT2D eigenvalue weighted by molar-refractivity contribution is 6.01. The molecule has 1 amide bonds. The number of non-ortho nitro benzene ring substituents is 1. The van der Waals surface area contributed by atoms with E-state index >= 15 is 0 Å². The Labute approximate surface area is 181 Å². The van der Waals surface area contributed by atoms with Gasteiger partial charge in [-0.25, -0.2) is 0 Å². The highest BCUT2D eigenvalue weighted by Crippen LogP contribution is 2.23. The summed E-state index contributed by atoms with van der Waals surface area (Å²) in [7, 11) is 1.65. The molecular weight excluding hydrogens is 398 g/mol. The summed E-state index contributed by atoms with van der Waals surface area (Å²) in [6, 6.07) is 10.1. The predicted molar refractivity (Wildman–Crippen MR) is 119 cm³/mol. The normalized spacial score (nSPS) is 12.2. The maximum atomic E-state index is 12.4. The zero-order valence-corrected chi connectivity index (χ0v) is 18.1. The lowest BCUT2D eigenvalue weighted by atomic mass is 10.1. The van der Waals surface area contributed by atoms with Gasteiger partial charge in [0.1, 0.15) is 11.6 Å². The number of amides is 1. The average Bonchev–Trinajstić information content (AvgIpc) is 3.02. The molecule has 2 N–H and O–H groups in total. The van der Waals surface area contributed by atoms with Crippen LogP contribution in [0.25, 0.3) is 6.08 Å². The zero-order valence-electron chi connectivity index (χ0n) is 18.1. The van der Waals surface area contributed by atoms with E-state index in [-0.39, 0.29) is 17.3 Å². The molecule has 1 aromatic carbocycles. The van der Waals surface area contributed by atoms with Gasteiger partial charge in [-0.15, -0.1) is 0 Å². The minimum atomic E-state index is -0.463. The standard InChI is InChI=1S/C22H27N5O4/c1-15-11-18(17(3)26(15)16(2)14-31-4)12-19(13-23)22(28)25-10-9-24-20-5-7-21(8-6-20)27(29)30/h5-8,11-12,16,24H,9-10,14H2,1-4H3,(H,25,28)/b19-12+. The maximum absolute atomic E-state index is 12.4. The van der Waals surface area contributed by atoms with Crippen LogP contribution in [0.5, 0.6) is 0 Å². The Morgan fingerprint density at radius 3 is 2.58 bits per heavy atom. The maximum Gasteiger partial charge on any atom is 0.269 e. The molecule has 2 rings (SSSR count). The molecule has 0 spiro atoms. The van der Waals surface area contributed by atoms with Gasteiger partial charge in [-0.2, -0.15) is 5.26 Å². The highest BCUT2D eigenvalue weighted by atomic mass is 16.6. The van der Waals surface area contributed by atoms with Gasteiger partial charge in [0.15, 0.2) is 0 Å². The van der Waals surface area contributed by atoms with Gasteiger partial charge in [-0.05, 0) is 50.6 Å². The summed E-state index contributed by atoms with van der Waals surface area (Å²) in [5.41, 5.74) is 3.54. The van der Waals surface area contributed by atoms with E-state index in [1.54, 1.807) is 25.3 Å². The number of nitrogens with one attached hydrogen (secondary N) is 2. The summed E-state index contributed by atoms with van der Waals surface area (Å²) in [5, 5.41) is 25.9. The van der Waals surface area contributed by atoms with Crippen molar-refractivity contribution < 1.29 is 14.5 Å². The SMILES string of the molecule is COCC(C)n1c(C)cc(/C=C(\C#N)C(=O)NCCNc2ccc([N+](=O)[O-])cc2)c1C. The van der Waals surface area contributed by atoms with Crippen LogP contribution < -0.4 is 10.6 Å². The molecular formula is C22H27N5O4. The molecule has 0 saturated heterocycles. The fourth-order valence-electron chi connectivity index (χ4n) is 3.43. The van der Waals surface area contributed by atoms with Gasteiger partial charge in [0, 0.05) is 49.4 Å². The van der Waals surface area contributed by atoms with Crippen LogP contribution in [0.1, 0.15) is 29.9 Å². The van der Waals surface area contributed by atoms with Crippen molar-refractivity contribution in [3.63, 3.8) is 0 Å². The number of aromatic nitrogens is 1. The minimum absolute atomic E-state index is 0.0126. The Hall–Kier alpha value is -3.64. The number of nitrogens with zero attached hydrogens (tertiary/aromatic N) is 3. The molecule has 2 aromatic rings. The second kappa shape index (κ2) is 10.9. The third-order valence-corrected chi connectivity index (χ3v) is 4.85. The Morgan fingerprint density at radius 2 is 2.00 bits per heavy atom. The first-order valence-electron chi connectivity index (χ1n) is 9.84. The smallest absolute Gasteiger partial charge is 0.269 e. The third kappa shape index (κ3) is 6.17. The van der Waals surface area contributed by atoms with Crippen molar-refractivity contribution in [2.24, 2.45) is 0 Å². The summed E-state index contributed by atoms with van der Waals surface area (Å²) in [6.45, 7) is 7.24. The number of nitro groups is 1. The van der Waals surface area contributed by atoms with Crippen molar-refractivity contribution in [2.45, 2.75) is 26.8 Å². The molecule has 0 aliphatic carbocycles. The van der Waals surface area contributed by atoms with E-state index in [1.165, 1.54) is 12.1 Å². The molecule has 1 unspecified atom stereocenters. The van der Waals surface area contributed by atoms with Gasteiger partial charge in [0.25, 0.3) is 11.6 Å².